The monoisotopic (exact) mass is 266 g/mol. The largest absolute Gasteiger partial charge is 0.224 e. The summed E-state index contributed by atoms with van der Waals surface area (Å²) in [5.41, 5.74) is 2.75. The number of aromatic nitrogens is 2. The van der Waals surface area contributed by atoms with Gasteiger partial charge in [0, 0.05) is 11.1 Å². The maximum absolute atomic E-state index is 6.14. The van der Waals surface area contributed by atoms with E-state index in [2.05, 4.69) is 23.8 Å². The lowest BCUT2D eigenvalue weighted by Crippen LogP contribution is -2.00. The van der Waals surface area contributed by atoms with Crippen molar-refractivity contribution in [2.75, 3.05) is 0 Å². The first-order valence-electron chi connectivity index (χ1n) is 5.38. The molecule has 88 valence electrons. The topological polar surface area (TPSA) is 25.8 Å². The van der Waals surface area contributed by atoms with Gasteiger partial charge in [0.2, 0.25) is 5.28 Å². The maximum atomic E-state index is 6.14. The Kier molecular flexibility index (Phi) is 3.65. The molecule has 0 saturated carbocycles. The van der Waals surface area contributed by atoms with Crippen LogP contribution in [0.4, 0.5) is 0 Å². The lowest BCUT2D eigenvalue weighted by atomic mass is 9.99. The lowest BCUT2D eigenvalue weighted by Gasteiger charge is -2.13. The van der Waals surface area contributed by atoms with Crippen molar-refractivity contribution in [2.45, 2.75) is 19.8 Å². The lowest BCUT2D eigenvalue weighted by molar-refractivity contribution is 0.850. The number of hydrogen-bond donors (Lipinski definition) is 0. The molecule has 0 atom stereocenters. The molecule has 0 aliphatic carbocycles. The van der Waals surface area contributed by atoms with Gasteiger partial charge in [-0.15, -0.1) is 0 Å². The van der Waals surface area contributed by atoms with Gasteiger partial charge in [0.15, 0.2) is 0 Å². The van der Waals surface area contributed by atoms with Crippen molar-refractivity contribution >= 4 is 23.2 Å². The minimum absolute atomic E-state index is 0.179. The zero-order valence-corrected chi connectivity index (χ0v) is 11.1. The predicted molar refractivity (Wildman–Crippen MR) is 71.6 cm³/mol. The van der Waals surface area contributed by atoms with Gasteiger partial charge in [0.05, 0.1) is 5.69 Å². The van der Waals surface area contributed by atoms with Crippen LogP contribution in [0.3, 0.4) is 0 Å². The highest BCUT2D eigenvalue weighted by atomic mass is 35.5. The molecule has 2 aromatic rings. The molecule has 1 heterocycles. The third-order valence-corrected chi connectivity index (χ3v) is 2.95. The quantitative estimate of drug-likeness (QED) is 0.588. The van der Waals surface area contributed by atoms with Crippen LogP contribution in [0.1, 0.15) is 25.3 Å². The Morgan fingerprint density at radius 3 is 2.24 bits per heavy atom. The van der Waals surface area contributed by atoms with Crippen molar-refractivity contribution < 1.29 is 0 Å². The normalized spacial score (nSPS) is 10.9. The van der Waals surface area contributed by atoms with Crippen LogP contribution in [0.25, 0.3) is 11.3 Å². The third-order valence-electron chi connectivity index (χ3n) is 2.50. The number of hydrogen-bond acceptors (Lipinski definition) is 2. The Morgan fingerprint density at radius 1 is 1.00 bits per heavy atom. The fourth-order valence-electron chi connectivity index (χ4n) is 1.74. The zero-order chi connectivity index (χ0) is 12.4. The van der Waals surface area contributed by atoms with Crippen molar-refractivity contribution in [1.82, 2.24) is 9.97 Å². The molecule has 1 aromatic heterocycles. The number of rotatable bonds is 2. The minimum atomic E-state index is 0.179. The minimum Gasteiger partial charge on any atom is -0.217 e. The van der Waals surface area contributed by atoms with Crippen molar-refractivity contribution in [3.05, 3.63) is 46.3 Å². The average molecular weight is 267 g/mol. The van der Waals surface area contributed by atoms with Gasteiger partial charge in [-0.3, -0.25) is 0 Å². The highest BCUT2D eigenvalue weighted by Crippen LogP contribution is 2.32. The van der Waals surface area contributed by atoms with Crippen LogP contribution in [0, 0.1) is 0 Å². The highest BCUT2D eigenvalue weighted by molar-refractivity contribution is 6.32. The molecule has 0 bridgehead atoms. The smallest absolute Gasteiger partial charge is 0.217 e. The van der Waals surface area contributed by atoms with E-state index < -0.39 is 0 Å². The first-order chi connectivity index (χ1) is 8.09. The summed E-state index contributed by atoms with van der Waals surface area (Å²) >= 11 is 12.0. The molecule has 0 N–H and O–H groups in total. The highest BCUT2D eigenvalue weighted by Gasteiger charge is 2.16. The van der Waals surface area contributed by atoms with Crippen LogP contribution in [0.5, 0.6) is 0 Å². The van der Waals surface area contributed by atoms with Crippen molar-refractivity contribution in [3.8, 4) is 11.3 Å². The summed E-state index contributed by atoms with van der Waals surface area (Å²) in [4.78, 5) is 8.30. The molecule has 0 spiro atoms. The molecule has 0 saturated heterocycles. The SMILES string of the molecule is CC(C)c1c(Cl)nc(Cl)nc1-c1ccccc1. The molecular weight excluding hydrogens is 255 g/mol. The molecule has 2 nitrogen and oxygen atoms in total. The summed E-state index contributed by atoms with van der Waals surface area (Å²) in [6.07, 6.45) is 0. The molecule has 0 aliphatic rings. The van der Waals surface area contributed by atoms with E-state index >= 15 is 0 Å². The molecule has 0 amide bonds. The van der Waals surface area contributed by atoms with Gasteiger partial charge in [-0.05, 0) is 17.5 Å². The second kappa shape index (κ2) is 5.03. The fraction of sp³-hybridized carbons (Fsp3) is 0.231. The summed E-state index contributed by atoms with van der Waals surface area (Å²) < 4.78 is 0. The van der Waals surface area contributed by atoms with Gasteiger partial charge in [0.1, 0.15) is 5.15 Å². The van der Waals surface area contributed by atoms with Crippen LogP contribution in [0.15, 0.2) is 30.3 Å². The Morgan fingerprint density at radius 2 is 1.65 bits per heavy atom. The van der Waals surface area contributed by atoms with Crippen molar-refractivity contribution in [2.24, 2.45) is 0 Å². The van der Waals surface area contributed by atoms with Gasteiger partial charge in [-0.25, -0.2) is 9.97 Å². The van der Waals surface area contributed by atoms with E-state index in [0.29, 0.717) is 5.15 Å². The maximum Gasteiger partial charge on any atom is 0.224 e. The van der Waals surface area contributed by atoms with Crippen LogP contribution < -0.4 is 0 Å². The summed E-state index contributed by atoms with van der Waals surface area (Å²) in [5, 5.41) is 0.608. The first kappa shape index (κ1) is 12.3. The van der Waals surface area contributed by atoms with Gasteiger partial charge >= 0.3 is 0 Å². The second-order valence-electron chi connectivity index (χ2n) is 4.07. The van der Waals surface area contributed by atoms with E-state index in [1.165, 1.54) is 0 Å². The fourth-order valence-corrected chi connectivity index (χ4v) is 2.34. The van der Waals surface area contributed by atoms with Crippen molar-refractivity contribution in [3.63, 3.8) is 0 Å². The average Bonchev–Trinajstić information content (AvgIpc) is 2.28. The summed E-state index contributed by atoms with van der Waals surface area (Å²) in [7, 11) is 0. The van der Waals surface area contributed by atoms with E-state index in [9.17, 15) is 0 Å². The van der Waals surface area contributed by atoms with Gasteiger partial charge < -0.3 is 0 Å². The molecule has 0 aliphatic heterocycles. The van der Waals surface area contributed by atoms with Gasteiger partial charge in [-0.1, -0.05) is 55.8 Å². The Hall–Kier alpha value is -1.12. The van der Waals surface area contributed by atoms with Crippen LogP contribution in [-0.2, 0) is 0 Å². The van der Waals surface area contributed by atoms with Gasteiger partial charge in [-0.2, -0.15) is 0 Å². The summed E-state index contributed by atoms with van der Waals surface area (Å²) in [5.74, 6) is 0.245. The Balaban J connectivity index is 2.68. The second-order valence-corrected chi connectivity index (χ2v) is 4.76. The van der Waals surface area contributed by atoms with Crippen molar-refractivity contribution in [1.29, 1.82) is 0 Å². The van der Waals surface area contributed by atoms with E-state index in [0.717, 1.165) is 16.8 Å². The predicted octanol–water partition coefficient (Wildman–Crippen LogP) is 4.57. The molecule has 0 unspecified atom stereocenters. The van der Waals surface area contributed by atoms with E-state index in [1.54, 1.807) is 0 Å². The standard InChI is InChI=1S/C13H12Cl2N2/c1-8(2)10-11(9-6-4-3-5-7-9)16-13(15)17-12(10)14/h3-8H,1-2H3. The third kappa shape index (κ3) is 2.59. The van der Waals surface area contributed by atoms with E-state index in [-0.39, 0.29) is 11.2 Å². The van der Waals surface area contributed by atoms with Crippen LogP contribution >= 0.6 is 23.2 Å². The number of benzene rings is 1. The van der Waals surface area contributed by atoms with Gasteiger partial charge in [0.25, 0.3) is 0 Å². The molecular formula is C13H12Cl2N2. The van der Waals surface area contributed by atoms with Crippen LogP contribution in [-0.4, -0.2) is 9.97 Å². The summed E-state index contributed by atoms with van der Waals surface area (Å²) in [6, 6.07) is 9.86. The number of nitrogens with zero attached hydrogens (tertiary/aromatic N) is 2. The number of halogens is 2. The molecule has 4 heteroatoms. The van der Waals surface area contributed by atoms with E-state index in [1.807, 2.05) is 30.3 Å². The molecule has 17 heavy (non-hydrogen) atoms. The Bertz CT molecular complexity index is 524. The van der Waals surface area contributed by atoms with E-state index in [4.69, 9.17) is 23.2 Å². The molecule has 1 aromatic carbocycles. The summed E-state index contributed by atoms with van der Waals surface area (Å²) in [6.45, 7) is 4.12. The van der Waals surface area contributed by atoms with Crippen LogP contribution in [0.2, 0.25) is 10.4 Å². The molecule has 0 radical (unpaired) electrons. The zero-order valence-electron chi connectivity index (χ0n) is 9.61. The first-order valence-corrected chi connectivity index (χ1v) is 6.13. The molecule has 0 fully saturated rings. The Labute approximate surface area is 111 Å². The molecule has 2 rings (SSSR count).